The van der Waals surface area contributed by atoms with Crippen LogP contribution in [0.25, 0.3) is 0 Å². The summed E-state index contributed by atoms with van der Waals surface area (Å²) >= 11 is 0. The van der Waals surface area contributed by atoms with Gasteiger partial charge in [0.25, 0.3) is 5.91 Å². The van der Waals surface area contributed by atoms with Gasteiger partial charge in [-0.3, -0.25) is 4.79 Å². The Hall–Kier alpha value is -1.49. The van der Waals surface area contributed by atoms with Crippen molar-refractivity contribution in [2.75, 3.05) is 32.0 Å². The predicted octanol–water partition coefficient (Wildman–Crippen LogP) is 1.31. The first kappa shape index (κ1) is 22.3. The first-order valence-electron chi connectivity index (χ1n) is 12.0. The second-order valence-electron chi connectivity index (χ2n) is 10.0. The summed E-state index contributed by atoms with van der Waals surface area (Å²) in [5.74, 6) is 1.37. The van der Waals surface area contributed by atoms with E-state index < -0.39 is 10.0 Å². The number of hydrogen-bond donors (Lipinski definition) is 2. The lowest BCUT2D eigenvalue weighted by atomic mass is 9.99. The zero-order chi connectivity index (χ0) is 22.3. The van der Waals surface area contributed by atoms with Gasteiger partial charge in [-0.15, -0.1) is 0 Å². The molecule has 0 aromatic carbocycles. The van der Waals surface area contributed by atoms with Crippen LogP contribution in [0.15, 0.2) is 10.6 Å². The Kier molecular flexibility index (Phi) is 6.30. The third-order valence-corrected chi connectivity index (χ3v) is 9.76. The van der Waals surface area contributed by atoms with Crippen molar-refractivity contribution in [1.82, 2.24) is 19.7 Å². The molecule has 10 heteroatoms. The molecule has 3 atom stereocenters. The molecular weight excluding hydrogens is 432 g/mol. The van der Waals surface area contributed by atoms with Crippen LogP contribution < -0.4 is 5.32 Å². The third kappa shape index (κ3) is 4.73. The maximum atomic E-state index is 13.3. The van der Waals surface area contributed by atoms with E-state index in [9.17, 15) is 13.2 Å². The van der Waals surface area contributed by atoms with E-state index in [2.05, 4.69) is 15.4 Å². The molecule has 1 aromatic heterocycles. The fourth-order valence-corrected chi connectivity index (χ4v) is 8.22. The lowest BCUT2D eigenvalue weighted by molar-refractivity contribution is 0.0899. The molecule has 4 fully saturated rings. The molecule has 9 nitrogen and oxygen atoms in total. The molecule has 1 aromatic rings. The summed E-state index contributed by atoms with van der Waals surface area (Å²) in [6, 6.07) is 1.65. The molecule has 32 heavy (non-hydrogen) atoms. The minimum atomic E-state index is -3.33. The number of nitrogens with one attached hydrogen (secondary N) is 1. The Morgan fingerprint density at radius 1 is 1.12 bits per heavy atom. The topological polar surface area (TPSA) is 116 Å². The number of carbonyl (C=O) groups is 1. The molecule has 1 amide bonds. The largest absolute Gasteiger partial charge is 0.395 e. The van der Waals surface area contributed by atoms with E-state index in [-0.39, 0.29) is 42.3 Å². The van der Waals surface area contributed by atoms with Crippen molar-refractivity contribution in [3.63, 3.8) is 0 Å². The number of amides is 1. The first-order valence-corrected chi connectivity index (χ1v) is 13.7. The Labute approximate surface area is 189 Å². The highest BCUT2D eigenvalue weighted by atomic mass is 32.2. The van der Waals surface area contributed by atoms with Crippen LogP contribution in [0.4, 0.5) is 0 Å². The van der Waals surface area contributed by atoms with Gasteiger partial charge in [-0.2, -0.15) is 4.31 Å². The first-order chi connectivity index (χ1) is 15.4. The molecule has 3 aliphatic heterocycles. The number of aliphatic hydroxyl groups is 1. The molecule has 1 unspecified atom stereocenters. The van der Waals surface area contributed by atoms with Crippen LogP contribution in [0, 0.1) is 5.92 Å². The smallest absolute Gasteiger partial charge is 0.273 e. The van der Waals surface area contributed by atoms with Crippen molar-refractivity contribution >= 4 is 15.9 Å². The molecular formula is C22H34N4O5S. The molecule has 0 radical (unpaired) electrons. The van der Waals surface area contributed by atoms with Gasteiger partial charge in [0.05, 0.1) is 12.4 Å². The molecule has 2 N–H and O–H groups in total. The van der Waals surface area contributed by atoms with Gasteiger partial charge >= 0.3 is 0 Å². The molecule has 0 spiro atoms. The van der Waals surface area contributed by atoms with Crippen LogP contribution in [-0.4, -0.2) is 83.9 Å². The highest BCUT2D eigenvalue weighted by molar-refractivity contribution is 7.89. The van der Waals surface area contributed by atoms with E-state index in [0.29, 0.717) is 31.0 Å². The van der Waals surface area contributed by atoms with E-state index in [1.165, 1.54) is 0 Å². The normalized spacial score (nSPS) is 30.0. The number of aliphatic hydroxyl groups excluding tert-OH is 1. The van der Waals surface area contributed by atoms with Crippen molar-refractivity contribution in [3.05, 3.63) is 17.5 Å². The van der Waals surface area contributed by atoms with Gasteiger partial charge in [0, 0.05) is 36.7 Å². The Bertz CT molecular complexity index is 909. The number of nitrogens with zero attached hydrogens (tertiary/aromatic N) is 3. The number of β-amino-alcohol motifs (C(OH)–C–C–N with tert-alkyl or cyclic N) is 1. The maximum absolute atomic E-state index is 13.3. The monoisotopic (exact) mass is 466 g/mol. The molecule has 178 valence electrons. The number of piperidine rings is 2. The fourth-order valence-electron chi connectivity index (χ4n) is 5.82. The van der Waals surface area contributed by atoms with Crippen LogP contribution >= 0.6 is 0 Å². The summed E-state index contributed by atoms with van der Waals surface area (Å²) in [5.41, 5.74) is 0.321. The minimum absolute atomic E-state index is 0.0298. The van der Waals surface area contributed by atoms with Crippen LogP contribution in [0.5, 0.6) is 0 Å². The number of sulfonamides is 1. The molecule has 4 heterocycles. The Morgan fingerprint density at radius 3 is 2.44 bits per heavy atom. The minimum Gasteiger partial charge on any atom is -0.395 e. The predicted molar refractivity (Wildman–Crippen MR) is 118 cm³/mol. The van der Waals surface area contributed by atoms with Crippen molar-refractivity contribution in [3.8, 4) is 0 Å². The third-order valence-electron chi connectivity index (χ3n) is 7.63. The van der Waals surface area contributed by atoms with Crippen LogP contribution in [-0.2, 0) is 10.0 Å². The lowest BCUT2D eigenvalue weighted by Crippen LogP contribution is -2.53. The van der Waals surface area contributed by atoms with Gasteiger partial charge in [0.15, 0.2) is 5.69 Å². The van der Waals surface area contributed by atoms with Gasteiger partial charge in [0.1, 0.15) is 5.76 Å². The van der Waals surface area contributed by atoms with Gasteiger partial charge in [-0.05, 0) is 70.4 Å². The molecule has 5 rings (SSSR count). The summed E-state index contributed by atoms with van der Waals surface area (Å²) in [5, 5.41) is 16.1. The van der Waals surface area contributed by atoms with Crippen LogP contribution in [0.3, 0.4) is 0 Å². The van der Waals surface area contributed by atoms with Gasteiger partial charge in [-0.1, -0.05) is 5.16 Å². The van der Waals surface area contributed by atoms with Crippen LogP contribution in [0.2, 0.25) is 0 Å². The highest BCUT2D eigenvalue weighted by Gasteiger charge is 2.47. The second-order valence-corrected chi connectivity index (χ2v) is 12.0. The Morgan fingerprint density at radius 2 is 1.81 bits per heavy atom. The molecule has 4 aliphatic rings. The lowest BCUT2D eigenvalue weighted by Gasteiger charge is -2.39. The van der Waals surface area contributed by atoms with Gasteiger partial charge in [-0.25, -0.2) is 8.42 Å². The SMILES string of the molecule is O=C(NC1C[C@H]2CC[C@@H](C1)N2S(=O)(=O)CC1CCN(CCO)CC1)c1cc(C2CC2)on1. The van der Waals surface area contributed by atoms with Gasteiger partial charge < -0.3 is 19.8 Å². The number of rotatable bonds is 8. The number of carbonyl (C=O) groups excluding carboxylic acids is 1. The number of hydrogen-bond acceptors (Lipinski definition) is 7. The number of aromatic nitrogens is 1. The quantitative estimate of drug-likeness (QED) is 0.593. The molecule has 1 aliphatic carbocycles. The average Bonchev–Trinajstić information content (AvgIpc) is 3.41. The highest BCUT2D eigenvalue weighted by Crippen LogP contribution is 2.41. The maximum Gasteiger partial charge on any atom is 0.273 e. The molecule has 2 bridgehead atoms. The summed E-state index contributed by atoms with van der Waals surface area (Å²) < 4.78 is 33.7. The van der Waals surface area contributed by atoms with Gasteiger partial charge in [0.2, 0.25) is 10.0 Å². The summed E-state index contributed by atoms with van der Waals surface area (Å²) in [7, 11) is -3.33. The van der Waals surface area contributed by atoms with E-state index in [4.69, 9.17) is 9.63 Å². The van der Waals surface area contributed by atoms with E-state index in [1.54, 1.807) is 10.4 Å². The summed E-state index contributed by atoms with van der Waals surface area (Å²) in [6.45, 7) is 2.52. The Balaban J connectivity index is 1.16. The van der Waals surface area contributed by atoms with E-state index in [0.717, 1.165) is 57.4 Å². The van der Waals surface area contributed by atoms with Crippen molar-refractivity contribution in [1.29, 1.82) is 0 Å². The zero-order valence-electron chi connectivity index (χ0n) is 18.5. The zero-order valence-corrected chi connectivity index (χ0v) is 19.3. The van der Waals surface area contributed by atoms with E-state index >= 15 is 0 Å². The molecule has 3 saturated heterocycles. The van der Waals surface area contributed by atoms with Crippen molar-refractivity contribution < 1.29 is 22.8 Å². The van der Waals surface area contributed by atoms with Crippen LogP contribution in [0.1, 0.15) is 73.5 Å². The summed E-state index contributed by atoms with van der Waals surface area (Å²) in [4.78, 5) is 14.8. The van der Waals surface area contributed by atoms with Crippen molar-refractivity contribution in [2.45, 2.75) is 75.4 Å². The average molecular weight is 467 g/mol. The summed E-state index contributed by atoms with van der Waals surface area (Å²) in [6.07, 6.45) is 6.95. The standard InChI is InChI=1S/C22H34N4O5S/c27-10-9-25-7-5-15(6-8-25)14-32(29,30)26-18-3-4-19(26)12-17(11-18)23-22(28)20-13-21(31-24-20)16-1-2-16/h13,15-19,27H,1-12,14H2,(H,23,28)/t17?,18-,19+. The van der Waals surface area contributed by atoms with E-state index in [1.807, 2.05) is 0 Å². The fraction of sp³-hybridized carbons (Fsp3) is 0.818. The number of likely N-dealkylation sites (tertiary alicyclic amines) is 1. The number of fused-ring (bicyclic) bond motifs is 2. The molecule has 1 saturated carbocycles. The van der Waals surface area contributed by atoms with Crippen molar-refractivity contribution in [2.24, 2.45) is 5.92 Å². The second kappa shape index (κ2) is 9.04.